The number of thioether (sulfide) groups is 1. The van der Waals surface area contributed by atoms with Crippen LogP contribution < -0.4 is 5.32 Å². The Kier molecular flexibility index (Phi) is 3.26. The summed E-state index contributed by atoms with van der Waals surface area (Å²) in [6, 6.07) is 0.170. The maximum absolute atomic E-state index is 12.2. The maximum atomic E-state index is 12.2. The molecule has 2 rings (SSSR count). The fraction of sp³-hybridized carbons (Fsp3) is 0.909. The standard InChI is InChI=1S/C11H20N2OS/c1-11(2)12-9(8-15-11)10(14)13-6-4-3-5-7-13/h9,12H,3-8H2,1-2H3/p+1. The second-order valence-corrected chi connectivity index (χ2v) is 6.75. The lowest BCUT2D eigenvalue weighted by atomic mass is 10.1. The van der Waals surface area contributed by atoms with Crippen LogP contribution in [0.1, 0.15) is 33.1 Å². The van der Waals surface area contributed by atoms with Crippen LogP contribution in [-0.2, 0) is 4.79 Å². The Morgan fingerprint density at radius 1 is 1.33 bits per heavy atom. The number of rotatable bonds is 1. The van der Waals surface area contributed by atoms with Gasteiger partial charge in [0.1, 0.15) is 4.87 Å². The summed E-state index contributed by atoms with van der Waals surface area (Å²) < 4.78 is 0. The summed E-state index contributed by atoms with van der Waals surface area (Å²) in [5.41, 5.74) is 0. The van der Waals surface area contributed by atoms with E-state index in [9.17, 15) is 4.79 Å². The lowest BCUT2D eigenvalue weighted by Crippen LogP contribution is -2.97. The smallest absolute Gasteiger partial charge is 0.281 e. The van der Waals surface area contributed by atoms with Crippen molar-refractivity contribution in [3.63, 3.8) is 0 Å². The predicted molar refractivity (Wildman–Crippen MR) is 62.7 cm³/mol. The van der Waals surface area contributed by atoms with Crippen molar-refractivity contribution in [1.82, 2.24) is 4.90 Å². The van der Waals surface area contributed by atoms with Crippen LogP contribution in [0.5, 0.6) is 0 Å². The Hall–Kier alpha value is -0.220. The third-order valence-corrected chi connectivity index (χ3v) is 4.63. The van der Waals surface area contributed by atoms with Crippen molar-refractivity contribution in [1.29, 1.82) is 0 Å². The quantitative estimate of drug-likeness (QED) is 0.707. The molecule has 0 aromatic carbocycles. The van der Waals surface area contributed by atoms with Gasteiger partial charge in [-0.25, -0.2) is 0 Å². The molecule has 1 unspecified atom stereocenters. The van der Waals surface area contributed by atoms with Gasteiger partial charge in [0, 0.05) is 26.9 Å². The Labute approximate surface area is 96.0 Å². The Bertz CT molecular complexity index is 249. The van der Waals surface area contributed by atoms with Crippen LogP contribution in [0.2, 0.25) is 0 Å². The zero-order chi connectivity index (χ0) is 10.9. The molecule has 2 aliphatic rings. The number of carbonyl (C=O) groups is 1. The lowest BCUT2D eigenvalue weighted by molar-refractivity contribution is -0.705. The molecule has 0 saturated carbocycles. The zero-order valence-corrected chi connectivity index (χ0v) is 10.5. The van der Waals surface area contributed by atoms with E-state index < -0.39 is 0 Å². The van der Waals surface area contributed by atoms with E-state index >= 15 is 0 Å². The van der Waals surface area contributed by atoms with Gasteiger partial charge in [-0.1, -0.05) is 11.8 Å². The van der Waals surface area contributed by atoms with Crippen LogP contribution in [0.3, 0.4) is 0 Å². The fourth-order valence-electron chi connectivity index (χ4n) is 2.38. The maximum Gasteiger partial charge on any atom is 0.281 e. The summed E-state index contributed by atoms with van der Waals surface area (Å²) in [4.78, 5) is 14.4. The van der Waals surface area contributed by atoms with Gasteiger partial charge in [0.25, 0.3) is 5.91 Å². The largest absolute Gasteiger partial charge is 0.338 e. The average molecular weight is 229 g/mol. The molecule has 0 bridgehead atoms. The number of carbonyl (C=O) groups excluding carboxylic acids is 1. The third-order valence-electron chi connectivity index (χ3n) is 3.22. The minimum Gasteiger partial charge on any atom is -0.338 e. The molecule has 2 aliphatic heterocycles. The van der Waals surface area contributed by atoms with Gasteiger partial charge in [-0.15, -0.1) is 0 Å². The predicted octanol–water partition coefficient (Wildman–Crippen LogP) is 0.414. The molecule has 86 valence electrons. The van der Waals surface area contributed by atoms with Crippen LogP contribution in [0.25, 0.3) is 0 Å². The van der Waals surface area contributed by atoms with E-state index in [2.05, 4.69) is 24.1 Å². The Morgan fingerprint density at radius 3 is 2.53 bits per heavy atom. The molecule has 3 nitrogen and oxygen atoms in total. The second-order valence-electron chi connectivity index (χ2n) is 5.07. The summed E-state index contributed by atoms with van der Waals surface area (Å²) in [7, 11) is 0. The van der Waals surface area contributed by atoms with E-state index in [1.807, 2.05) is 11.8 Å². The van der Waals surface area contributed by atoms with Crippen molar-refractivity contribution in [2.75, 3.05) is 18.8 Å². The van der Waals surface area contributed by atoms with Crippen molar-refractivity contribution in [2.24, 2.45) is 0 Å². The number of amides is 1. The van der Waals surface area contributed by atoms with Gasteiger partial charge in [-0.3, -0.25) is 4.79 Å². The Balaban J connectivity index is 1.90. The number of hydrogen-bond donors (Lipinski definition) is 1. The van der Waals surface area contributed by atoms with Gasteiger partial charge < -0.3 is 10.2 Å². The van der Waals surface area contributed by atoms with Crippen molar-refractivity contribution < 1.29 is 10.1 Å². The molecule has 4 heteroatoms. The number of hydrogen-bond acceptors (Lipinski definition) is 2. The zero-order valence-electron chi connectivity index (χ0n) is 9.66. The summed E-state index contributed by atoms with van der Waals surface area (Å²) in [6.07, 6.45) is 3.67. The Morgan fingerprint density at radius 2 is 2.00 bits per heavy atom. The van der Waals surface area contributed by atoms with Crippen LogP contribution in [0.15, 0.2) is 0 Å². The molecule has 1 atom stereocenters. The van der Waals surface area contributed by atoms with Crippen LogP contribution in [0, 0.1) is 0 Å². The third kappa shape index (κ3) is 2.67. The molecule has 1 amide bonds. The van der Waals surface area contributed by atoms with Crippen molar-refractivity contribution in [3.05, 3.63) is 0 Å². The molecule has 0 aromatic rings. The SMILES string of the molecule is CC1(C)[NH2+]C(C(=O)N2CCCCC2)CS1. The van der Waals surface area contributed by atoms with Gasteiger partial charge in [0.15, 0.2) is 6.04 Å². The first kappa shape index (κ1) is 11.3. The molecule has 0 spiro atoms. The van der Waals surface area contributed by atoms with E-state index in [4.69, 9.17) is 0 Å². The summed E-state index contributed by atoms with van der Waals surface area (Å²) in [5.74, 6) is 1.34. The van der Waals surface area contributed by atoms with Crippen molar-refractivity contribution >= 4 is 17.7 Å². The van der Waals surface area contributed by atoms with E-state index in [0.29, 0.717) is 5.91 Å². The van der Waals surface area contributed by atoms with E-state index in [0.717, 1.165) is 18.8 Å². The van der Waals surface area contributed by atoms with Crippen LogP contribution in [0.4, 0.5) is 0 Å². The molecule has 2 heterocycles. The topological polar surface area (TPSA) is 36.9 Å². The number of piperidine rings is 1. The first-order valence-electron chi connectivity index (χ1n) is 5.87. The highest BCUT2D eigenvalue weighted by Gasteiger charge is 2.41. The monoisotopic (exact) mass is 229 g/mol. The molecule has 0 aliphatic carbocycles. The summed E-state index contributed by atoms with van der Waals surface area (Å²) in [6.45, 7) is 6.35. The second kappa shape index (κ2) is 4.34. The highest BCUT2D eigenvalue weighted by Crippen LogP contribution is 2.23. The number of nitrogens with zero attached hydrogens (tertiary/aromatic N) is 1. The number of likely N-dealkylation sites (tertiary alicyclic amines) is 1. The van der Waals surface area contributed by atoms with Gasteiger partial charge in [-0.2, -0.15) is 0 Å². The van der Waals surface area contributed by atoms with E-state index in [1.54, 1.807) is 0 Å². The van der Waals surface area contributed by atoms with Gasteiger partial charge in [0.05, 0.1) is 5.75 Å². The van der Waals surface area contributed by atoms with E-state index in [1.165, 1.54) is 19.3 Å². The van der Waals surface area contributed by atoms with Gasteiger partial charge >= 0.3 is 0 Å². The minimum absolute atomic E-state index is 0.170. The highest BCUT2D eigenvalue weighted by atomic mass is 32.2. The first-order valence-corrected chi connectivity index (χ1v) is 6.86. The van der Waals surface area contributed by atoms with Gasteiger partial charge in [-0.05, 0) is 19.3 Å². The molecule has 15 heavy (non-hydrogen) atoms. The molecule has 2 fully saturated rings. The molecule has 0 radical (unpaired) electrons. The van der Waals surface area contributed by atoms with Gasteiger partial charge in [0.2, 0.25) is 0 Å². The van der Waals surface area contributed by atoms with Crippen molar-refractivity contribution in [3.8, 4) is 0 Å². The number of quaternary nitrogens is 1. The average Bonchev–Trinajstić information content (AvgIpc) is 2.59. The molecule has 2 saturated heterocycles. The minimum atomic E-state index is 0.170. The molecular weight excluding hydrogens is 208 g/mol. The van der Waals surface area contributed by atoms with Crippen LogP contribution in [-0.4, -0.2) is 40.6 Å². The number of nitrogens with two attached hydrogens (primary N) is 1. The normalized spacial score (nSPS) is 30.5. The van der Waals surface area contributed by atoms with E-state index in [-0.39, 0.29) is 10.9 Å². The molecular formula is C11H21N2OS+. The first-order chi connectivity index (χ1) is 7.08. The molecule has 0 aromatic heterocycles. The van der Waals surface area contributed by atoms with Crippen molar-refractivity contribution in [2.45, 2.75) is 44.0 Å². The summed E-state index contributed by atoms with van der Waals surface area (Å²) >= 11 is 1.90. The van der Waals surface area contributed by atoms with Crippen LogP contribution >= 0.6 is 11.8 Å². The lowest BCUT2D eigenvalue weighted by Gasteiger charge is -2.28. The fourth-order valence-corrected chi connectivity index (χ4v) is 3.49. The summed E-state index contributed by atoms with van der Waals surface area (Å²) in [5, 5.41) is 2.23. The molecule has 2 N–H and O–H groups in total. The highest BCUT2D eigenvalue weighted by molar-refractivity contribution is 8.00.